The van der Waals surface area contributed by atoms with Gasteiger partial charge in [0.05, 0.1) is 24.4 Å². The molecule has 1 aliphatic heterocycles. The number of aliphatic hydroxyl groups is 1. The van der Waals surface area contributed by atoms with Crippen molar-refractivity contribution in [1.82, 2.24) is 10.6 Å². The maximum Gasteiger partial charge on any atom is 0.414 e. The van der Waals surface area contributed by atoms with Crippen molar-refractivity contribution in [3.63, 3.8) is 0 Å². The second-order valence-corrected chi connectivity index (χ2v) is 8.30. The van der Waals surface area contributed by atoms with Crippen molar-refractivity contribution in [3.05, 3.63) is 11.6 Å². The SMILES string of the molecule is CCCNCC(=O)NC(=O)OC(CCCCO)C(CC1(C)OC1CC=C(C)C)OC. The quantitative estimate of drug-likeness (QED) is 0.209. The maximum absolute atomic E-state index is 12.2. The first-order valence-electron chi connectivity index (χ1n) is 10.9. The molecule has 4 unspecified atom stereocenters. The fourth-order valence-electron chi connectivity index (χ4n) is 3.36. The minimum absolute atomic E-state index is 0.0593. The second-order valence-electron chi connectivity index (χ2n) is 8.30. The van der Waals surface area contributed by atoms with Gasteiger partial charge in [0.25, 0.3) is 0 Å². The molecule has 0 saturated carbocycles. The zero-order valence-electron chi connectivity index (χ0n) is 19.2. The summed E-state index contributed by atoms with van der Waals surface area (Å²) < 4.78 is 17.1. The summed E-state index contributed by atoms with van der Waals surface area (Å²) >= 11 is 0. The highest BCUT2D eigenvalue weighted by Crippen LogP contribution is 2.44. The predicted molar refractivity (Wildman–Crippen MR) is 115 cm³/mol. The monoisotopic (exact) mass is 428 g/mol. The molecule has 2 amide bonds. The molecule has 174 valence electrons. The lowest BCUT2D eigenvalue weighted by molar-refractivity contribution is -0.120. The van der Waals surface area contributed by atoms with Crippen molar-refractivity contribution in [3.8, 4) is 0 Å². The average molecular weight is 429 g/mol. The number of nitrogens with one attached hydrogen (secondary N) is 2. The van der Waals surface area contributed by atoms with E-state index in [1.54, 1.807) is 7.11 Å². The smallest absolute Gasteiger partial charge is 0.414 e. The highest BCUT2D eigenvalue weighted by molar-refractivity contribution is 5.92. The highest BCUT2D eigenvalue weighted by atomic mass is 16.6. The van der Waals surface area contributed by atoms with E-state index in [0.717, 1.165) is 12.8 Å². The Balaban J connectivity index is 2.66. The zero-order chi connectivity index (χ0) is 22.6. The van der Waals surface area contributed by atoms with Crippen LogP contribution in [0, 0.1) is 0 Å². The van der Waals surface area contributed by atoms with Crippen LogP contribution in [0.3, 0.4) is 0 Å². The number of carbonyl (C=O) groups excluding carboxylic acids is 2. The molecule has 0 radical (unpaired) electrons. The average Bonchev–Trinajstić information content (AvgIpc) is 3.33. The maximum atomic E-state index is 12.2. The Labute approximate surface area is 180 Å². The van der Waals surface area contributed by atoms with Gasteiger partial charge < -0.3 is 24.6 Å². The lowest BCUT2D eigenvalue weighted by Crippen LogP contribution is -2.43. The third kappa shape index (κ3) is 10.0. The van der Waals surface area contributed by atoms with Crippen LogP contribution in [0.4, 0.5) is 4.79 Å². The van der Waals surface area contributed by atoms with E-state index in [1.807, 2.05) is 13.8 Å². The van der Waals surface area contributed by atoms with E-state index >= 15 is 0 Å². The van der Waals surface area contributed by atoms with Crippen LogP contribution in [0.5, 0.6) is 0 Å². The van der Waals surface area contributed by atoms with Crippen molar-refractivity contribution >= 4 is 12.0 Å². The second kappa shape index (κ2) is 13.7. The van der Waals surface area contributed by atoms with Crippen LogP contribution >= 0.6 is 0 Å². The van der Waals surface area contributed by atoms with Crippen molar-refractivity contribution in [2.24, 2.45) is 0 Å². The number of hydrogen-bond donors (Lipinski definition) is 3. The summed E-state index contributed by atoms with van der Waals surface area (Å²) in [5.41, 5.74) is 0.915. The molecule has 0 aromatic heterocycles. The summed E-state index contributed by atoms with van der Waals surface area (Å²) in [7, 11) is 1.58. The third-order valence-corrected chi connectivity index (χ3v) is 5.21. The lowest BCUT2D eigenvalue weighted by Gasteiger charge is -2.27. The number of imide groups is 1. The Morgan fingerprint density at radius 3 is 2.60 bits per heavy atom. The van der Waals surface area contributed by atoms with Gasteiger partial charge in [0, 0.05) is 20.1 Å². The van der Waals surface area contributed by atoms with Crippen LogP contribution in [0.25, 0.3) is 0 Å². The van der Waals surface area contributed by atoms with Crippen LogP contribution in [-0.4, -0.2) is 67.8 Å². The molecule has 1 rings (SSSR count). The van der Waals surface area contributed by atoms with Crippen LogP contribution in [0.1, 0.15) is 66.2 Å². The minimum atomic E-state index is -0.780. The number of aliphatic hydroxyl groups excluding tert-OH is 1. The Bertz CT molecular complexity index is 564. The van der Waals surface area contributed by atoms with E-state index in [2.05, 4.69) is 30.6 Å². The molecule has 8 heteroatoms. The van der Waals surface area contributed by atoms with Crippen LogP contribution in [0.15, 0.2) is 11.6 Å². The molecule has 30 heavy (non-hydrogen) atoms. The number of epoxide rings is 1. The molecule has 1 saturated heterocycles. The molecule has 0 aliphatic carbocycles. The summed E-state index contributed by atoms with van der Waals surface area (Å²) in [4.78, 5) is 24.1. The Kier molecular flexibility index (Phi) is 12.2. The van der Waals surface area contributed by atoms with Crippen molar-refractivity contribution in [2.45, 2.75) is 90.1 Å². The normalized spacial score (nSPS) is 22.1. The van der Waals surface area contributed by atoms with E-state index < -0.39 is 18.1 Å². The number of carbonyl (C=O) groups is 2. The number of methoxy groups -OCH3 is 1. The molecule has 0 bridgehead atoms. The van der Waals surface area contributed by atoms with Crippen LogP contribution in [-0.2, 0) is 19.0 Å². The largest absolute Gasteiger partial charge is 0.443 e. The number of amides is 2. The van der Waals surface area contributed by atoms with Crippen LogP contribution in [0.2, 0.25) is 0 Å². The summed E-state index contributed by atoms with van der Waals surface area (Å²) in [6, 6.07) is 0. The predicted octanol–water partition coefficient (Wildman–Crippen LogP) is 2.69. The van der Waals surface area contributed by atoms with Gasteiger partial charge in [-0.25, -0.2) is 4.79 Å². The number of allylic oxidation sites excluding steroid dienone is 1. The van der Waals surface area contributed by atoms with Gasteiger partial charge >= 0.3 is 6.09 Å². The first kappa shape index (κ1) is 26.6. The van der Waals surface area contributed by atoms with E-state index in [0.29, 0.717) is 32.2 Å². The third-order valence-electron chi connectivity index (χ3n) is 5.21. The molecule has 4 atom stereocenters. The highest BCUT2D eigenvalue weighted by Gasteiger charge is 2.53. The molecule has 1 heterocycles. The van der Waals surface area contributed by atoms with E-state index in [1.165, 1.54) is 5.57 Å². The molecule has 1 fully saturated rings. The van der Waals surface area contributed by atoms with Gasteiger partial charge in [-0.3, -0.25) is 10.1 Å². The molecule has 0 spiro atoms. The number of ether oxygens (including phenoxy) is 3. The Hall–Kier alpha value is -1.48. The molecule has 3 N–H and O–H groups in total. The Morgan fingerprint density at radius 1 is 1.27 bits per heavy atom. The van der Waals surface area contributed by atoms with Gasteiger partial charge in [0.2, 0.25) is 5.91 Å². The fourth-order valence-corrected chi connectivity index (χ4v) is 3.36. The van der Waals surface area contributed by atoms with Gasteiger partial charge in [-0.05, 0) is 59.4 Å². The van der Waals surface area contributed by atoms with Crippen molar-refractivity contribution in [1.29, 1.82) is 0 Å². The summed E-state index contributed by atoms with van der Waals surface area (Å²) in [5.74, 6) is -0.434. The number of rotatable bonds is 15. The summed E-state index contributed by atoms with van der Waals surface area (Å²) in [5, 5.41) is 14.3. The molecular weight excluding hydrogens is 388 g/mol. The van der Waals surface area contributed by atoms with Gasteiger partial charge in [0.15, 0.2) is 0 Å². The molecule has 0 aromatic carbocycles. The van der Waals surface area contributed by atoms with E-state index in [4.69, 9.17) is 19.3 Å². The number of unbranched alkanes of at least 4 members (excludes halogenated alkanes) is 1. The van der Waals surface area contributed by atoms with Gasteiger partial charge in [0.1, 0.15) is 6.10 Å². The summed E-state index contributed by atoms with van der Waals surface area (Å²) in [6.07, 6.45) is 4.71. The van der Waals surface area contributed by atoms with Gasteiger partial charge in [-0.15, -0.1) is 0 Å². The van der Waals surface area contributed by atoms with E-state index in [-0.39, 0.29) is 31.0 Å². The van der Waals surface area contributed by atoms with Crippen molar-refractivity contribution in [2.75, 3.05) is 26.8 Å². The zero-order valence-corrected chi connectivity index (χ0v) is 19.2. The molecule has 1 aliphatic rings. The minimum Gasteiger partial charge on any atom is -0.443 e. The van der Waals surface area contributed by atoms with Gasteiger partial charge in [-0.2, -0.15) is 0 Å². The lowest BCUT2D eigenvalue weighted by atomic mass is 9.93. The van der Waals surface area contributed by atoms with Crippen LogP contribution < -0.4 is 10.6 Å². The standard InChI is InChI=1S/C22H40N2O6/c1-6-12-23-15-20(26)24-21(27)29-17(9-7-8-13-25)18(28-5)14-22(4)19(30-22)11-10-16(2)3/h10,17-19,23,25H,6-9,11-15H2,1-5H3,(H,24,26,27). The number of hydrogen-bond acceptors (Lipinski definition) is 7. The molecule has 8 nitrogen and oxygen atoms in total. The Morgan fingerprint density at radius 2 is 2.00 bits per heavy atom. The number of alkyl carbamates (subject to hydrolysis) is 1. The molecular formula is C22H40N2O6. The van der Waals surface area contributed by atoms with E-state index in [9.17, 15) is 9.59 Å². The first-order valence-corrected chi connectivity index (χ1v) is 10.9. The summed E-state index contributed by atoms with van der Waals surface area (Å²) in [6.45, 7) is 8.98. The van der Waals surface area contributed by atoms with Gasteiger partial charge in [-0.1, -0.05) is 18.6 Å². The first-order chi connectivity index (χ1) is 14.3. The molecule has 0 aromatic rings. The fraction of sp³-hybridized carbons (Fsp3) is 0.818. The topological polar surface area (TPSA) is 109 Å². The van der Waals surface area contributed by atoms with Crippen molar-refractivity contribution < 1.29 is 28.9 Å².